The van der Waals surface area contributed by atoms with Gasteiger partial charge < -0.3 is 19.3 Å². The number of aryl methyl sites for hydroxylation is 1. The van der Waals surface area contributed by atoms with Crippen molar-refractivity contribution in [2.75, 3.05) is 31.6 Å². The summed E-state index contributed by atoms with van der Waals surface area (Å²) in [6.45, 7) is 6.54. The van der Waals surface area contributed by atoms with Crippen molar-refractivity contribution in [2.45, 2.75) is 26.4 Å². The van der Waals surface area contributed by atoms with Crippen LogP contribution in [-0.4, -0.2) is 48.3 Å². The molecule has 1 amide bonds. The number of hydrogen-bond acceptors (Lipinski definition) is 6. The fourth-order valence-corrected chi connectivity index (χ4v) is 2.71. The van der Waals surface area contributed by atoms with E-state index in [0.29, 0.717) is 37.7 Å². The Kier molecular flexibility index (Phi) is 5.55. The van der Waals surface area contributed by atoms with Crippen LogP contribution in [0.25, 0.3) is 0 Å². The third-order valence-electron chi connectivity index (χ3n) is 4.03. The molecule has 1 aromatic heterocycles. The second kappa shape index (κ2) is 8.02. The first-order chi connectivity index (χ1) is 12.1. The average molecular weight is 345 g/mol. The summed E-state index contributed by atoms with van der Waals surface area (Å²) in [6.07, 6.45) is 0.334. The molecule has 1 N–H and O–H groups in total. The number of hydrogen-bond donors (Lipinski definition) is 1. The van der Waals surface area contributed by atoms with E-state index in [1.807, 2.05) is 24.3 Å². The number of amides is 1. The van der Waals surface area contributed by atoms with Gasteiger partial charge in [-0.2, -0.15) is 0 Å². The van der Waals surface area contributed by atoms with E-state index in [0.717, 1.165) is 18.0 Å². The monoisotopic (exact) mass is 345 g/mol. The van der Waals surface area contributed by atoms with Gasteiger partial charge in [0.2, 0.25) is 5.91 Å². The molecule has 7 heteroatoms. The zero-order valence-electron chi connectivity index (χ0n) is 14.5. The van der Waals surface area contributed by atoms with E-state index in [2.05, 4.69) is 22.3 Å². The minimum absolute atomic E-state index is 0.0453. The van der Waals surface area contributed by atoms with Crippen molar-refractivity contribution in [2.24, 2.45) is 0 Å². The van der Waals surface area contributed by atoms with E-state index < -0.39 is 0 Å². The average Bonchev–Trinajstić information content (AvgIpc) is 3.03. The van der Waals surface area contributed by atoms with Crippen LogP contribution in [0.3, 0.4) is 0 Å². The number of aromatic nitrogens is 1. The number of carbonyl (C=O) groups excluding carboxylic acids is 1. The predicted molar refractivity (Wildman–Crippen MR) is 93.0 cm³/mol. The third kappa shape index (κ3) is 4.73. The summed E-state index contributed by atoms with van der Waals surface area (Å²) >= 11 is 0. The number of para-hydroxylation sites is 2. The minimum Gasteiger partial charge on any atom is -0.486 e. The van der Waals surface area contributed by atoms with Gasteiger partial charge in [0.1, 0.15) is 18.5 Å². The minimum atomic E-state index is -0.0853. The zero-order valence-corrected chi connectivity index (χ0v) is 14.5. The van der Waals surface area contributed by atoms with Crippen LogP contribution in [0.5, 0.6) is 11.5 Å². The van der Waals surface area contributed by atoms with Gasteiger partial charge in [0.25, 0.3) is 0 Å². The summed E-state index contributed by atoms with van der Waals surface area (Å²) in [4.78, 5) is 14.2. The highest BCUT2D eigenvalue weighted by Crippen LogP contribution is 2.30. The van der Waals surface area contributed by atoms with Gasteiger partial charge in [0.05, 0.1) is 0 Å². The Hall–Kier alpha value is -2.54. The van der Waals surface area contributed by atoms with Crippen LogP contribution in [0.15, 0.2) is 34.9 Å². The first-order valence-electron chi connectivity index (χ1n) is 8.48. The Morgan fingerprint density at radius 3 is 2.88 bits per heavy atom. The molecule has 2 aromatic rings. The van der Waals surface area contributed by atoms with E-state index in [1.54, 1.807) is 13.0 Å². The summed E-state index contributed by atoms with van der Waals surface area (Å²) in [5.74, 6) is 2.59. The molecule has 1 aliphatic heterocycles. The van der Waals surface area contributed by atoms with E-state index >= 15 is 0 Å². The van der Waals surface area contributed by atoms with E-state index in [4.69, 9.17) is 14.0 Å². The van der Waals surface area contributed by atoms with Crippen LogP contribution >= 0.6 is 0 Å². The Morgan fingerprint density at radius 1 is 1.36 bits per heavy atom. The normalized spacial score (nSPS) is 16.0. The second-order valence-electron chi connectivity index (χ2n) is 6.01. The molecule has 2 heterocycles. The number of nitrogens with zero attached hydrogens (tertiary/aromatic N) is 2. The molecular weight excluding hydrogens is 322 g/mol. The zero-order chi connectivity index (χ0) is 17.6. The maximum atomic E-state index is 12.0. The number of benzene rings is 1. The molecule has 0 saturated heterocycles. The van der Waals surface area contributed by atoms with E-state index in [-0.39, 0.29) is 12.0 Å². The fourth-order valence-electron chi connectivity index (χ4n) is 2.71. The lowest BCUT2D eigenvalue weighted by Crippen LogP contribution is -2.41. The van der Waals surface area contributed by atoms with Gasteiger partial charge in [0.15, 0.2) is 17.3 Å². The van der Waals surface area contributed by atoms with E-state index in [1.165, 1.54) is 0 Å². The van der Waals surface area contributed by atoms with Crippen molar-refractivity contribution < 1.29 is 18.8 Å². The molecule has 0 fully saturated rings. The summed E-state index contributed by atoms with van der Waals surface area (Å²) < 4.78 is 16.7. The summed E-state index contributed by atoms with van der Waals surface area (Å²) in [5.41, 5.74) is 0. The molecule has 134 valence electrons. The maximum Gasteiger partial charge on any atom is 0.226 e. The van der Waals surface area contributed by atoms with Crippen molar-refractivity contribution in [3.63, 3.8) is 0 Å². The summed E-state index contributed by atoms with van der Waals surface area (Å²) in [5, 5.41) is 6.49. The quantitative estimate of drug-likeness (QED) is 0.831. The smallest absolute Gasteiger partial charge is 0.226 e. The van der Waals surface area contributed by atoms with Crippen molar-refractivity contribution in [3.05, 3.63) is 36.1 Å². The molecule has 0 bridgehead atoms. The van der Waals surface area contributed by atoms with Crippen LogP contribution in [0, 0.1) is 6.92 Å². The first kappa shape index (κ1) is 17.3. The lowest BCUT2D eigenvalue weighted by atomic mass is 10.2. The third-order valence-corrected chi connectivity index (χ3v) is 4.03. The number of fused-ring (bicyclic) bond motifs is 1. The van der Waals surface area contributed by atoms with Crippen molar-refractivity contribution in [3.8, 4) is 11.5 Å². The van der Waals surface area contributed by atoms with Gasteiger partial charge in [-0.25, -0.2) is 0 Å². The molecule has 0 aliphatic carbocycles. The highest BCUT2D eigenvalue weighted by Gasteiger charge is 2.22. The van der Waals surface area contributed by atoms with E-state index in [9.17, 15) is 4.79 Å². The molecule has 0 saturated carbocycles. The lowest BCUT2D eigenvalue weighted by Gasteiger charge is -2.30. The van der Waals surface area contributed by atoms with Crippen LogP contribution in [-0.2, 0) is 4.79 Å². The number of ether oxygens (including phenoxy) is 2. The molecule has 3 rings (SSSR count). The number of carbonyl (C=O) groups is 1. The number of rotatable bonds is 7. The Labute approximate surface area is 146 Å². The van der Waals surface area contributed by atoms with Crippen molar-refractivity contribution in [1.82, 2.24) is 10.1 Å². The molecule has 25 heavy (non-hydrogen) atoms. The molecule has 1 unspecified atom stereocenters. The SMILES string of the molecule is CCN(CCC(=O)Nc1cc(C)on1)CC1COc2ccccc2O1. The molecule has 1 aliphatic rings. The maximum absolute atomic E-state index is 12.0. The van der Waals surface area contributed by atoms with Gasteiger partial charge in [0, 0.05) is 25.6 Å². The van der Waals surface area contributed by atoms with Gasteiger partial charge in [-0.15, -0.1) is 0 Å². The Bertz CT molecular complexity index is 716. The molecule has 1 atom stereocenters. The number of anilines is 1. The largest absolute Gasteiger partial charge is 0.486 e. The summed E-state index contributed by atoms with van der Waals surface area (Å²) in [7, 11) is 0. The molecule has 1 aromatic carbocycles. The highest BCUT2D eigenvalue weighted by molar-refractivity contribution is 5.89. The molecule has 0 radical (unpaired) electrons. The highest BCUT2D eigenvalue weighted by atomic mass is 16.6. The lowest BCUT2D eigenvalue weighted by molar-refractivity contribution is -0.116. The standard InChI is InChI=1S/C18H23N3O4/c1-3-21(9-8-18(22)19-17-10-13(2)25-20-17)11-14-12-23-15-6-4-5-7-16(15)24-14/h4-7,10,14H,3,8-9,11-12H2,1-2H3,(H,19,20,22). The predicted octanol–water partition coefficient (Wildman–Crippen LogP) is 2.47. The second-order valence-corrected chi connectivity index (χ2v) is 6.01. The van der Waals surface area contributed by atoms with Gasteiger partial charge in [-0.3, -0.25) is 9.69 Å². The Morgan fingerprint density at radius 2 is 2.16 bits per heavy atom. The van der Waals surface area contributed by atoms with Gasteiger partial charge in [-0.1, -0.05) is 24.2 Å². The molecule has 7 nitrogen and oxygen atoms in total. The number of likely N-dealkylation sites (N-methyl/N-ethyl adjacent to an activating group) is 1. The molecule has 0 spiro atoms. The van der Waals surface area contributed by atoms with Gasteiger partial charge in [-0.05, 0) is 25.6 Å². The van der Waals surface area contributed by atoms with Crippen molar-refractivity contribution >= 4 is 11.7 Å². The molecular formula is C18H23N3O4. The van der Waals surface area contributed by atoms with Crippen LogP contribution < -0.4 is 14.8 Å². The topological polar surface area (TPSA) is 76.8 Å². The van der Waals surface area contributed by atoms with Crippen LogP contribution in [0.4, 0.5) is 5.82 Å². The first-order valence-corrected chi connectivity index (χ1v) is 8.48. The fraction of sp³-hybridized carbons (Fsp3) is 0.444. The Balaban J connectivity index is 1.46. The number of nitrogens with one attached hydrogen (secondary N) is 1. The van der Waals surface area contributed by atoms with Gasteiger partial charge >= 0.3 is 0 Å². The van der Waals surface area contributed by atoms with Crippen molar-refractivity contribution in [1.29, 1.82) is 0 Å². The summed E-state index contributed by atoms with van der Waals surface area (Å²) in [6, 6.07) is 9.36. The van der Waals surface area contributed by atoms with Crippen LogP contribution in [0.2, 0.25) is 0 Å². The van der Waals surface area contributed by atoms with Crippen LogP contribution in [0.1, 0.15) is 19.1 Å².